The number of hydrogen-bond acceptors (Lipinski definition) is 4. The van der Waals surface area contributed by atoms with Gasteiger partial charge in [0, 0.05) is 17.4 Å². The Labute approximate surface area is 171 Å². The first kappa shape index (κ1) is 22.9. The summed E-state index contributed by atoms with van der Waals surface area (Å²) in [5.74, 6) is -0.247. The number of pyridine rings is 1. The molecule has 0 unspecified atom stereocenters. The van der Waals surface area contributed by atoms with Crippen LogP contribution in [0.1, 0.15) is 35.3 Å². The Morgan fingerprint density at radius 3 is 2.67 bits per heavy atom. The summed E-state index contributed by atoms with van der Waals surface area (Å²) >= 11 is 0. The first-order chi connectivity index (χ1) is 12.2. The largest absolute Gasteiger partial charge is 0.346 e. The molecule has 3 rings (SSSR count). The molecule has 0 radical (unpaired) electrons. The summed E-state index contributed by atoms with van der Waals surface area (Å²) in [5.41, 5.74) is 1.93. The molecule has 2 amide bonds. The second-order valence-corrected chi connectivity index (χ2v) is 6.08. The molecule has 8 heteroatoms. The third-order valence-electron chi connectivity index (χ3n) is 4.18. The molecule has 0 aliphatic carbocycles. The smallest absolute Gasteiger partial charge is 0.251 e. The van der Waals surface area contributed by atoms with E-state index in [1.165, 1.54) is 0 Å². The number of nitrogens with one attached hydrogen (secondary N) is 3. The molecule has 1 atom stereocenters. The van der Waals surface area contributed by atoms with E-state index in [-0.39, 0.29) is 42.7 Å². The number of carbonyl (C=O) groups excluding carboxylic acids is 2. The second-order valence-electron chi connectivity index (χ2n) is 6.08. The Bertz CT molecular complexity index is 737. The van der Waals surface area contributed by atoms with E-state index in [2.05, 4.69) is 20.9 Å². The van der Waals surface area contributed by atoms with Crippen molar-refractivity contribution in [3.8, 4) is 0 Å². The fraction of sp³-hybridized carbons (Fsp3) is 0.316. The van der Waals surface area contributed by atoms with Crippen LogP contribution in [0.25, 0.3) is 0 Å². The second kappa shape index (κ2) is 11.5. The molecule has 0 bridgehead atoms. The van der Waals surface area contributed by atoms with Gasteiger partial charge in [-0.05, 0) is 49.7 Å². The molecule has 27 heavy (non-hydrogen) atoms. The normalized spacial score (nSPS) is 15.6. The van der Waals surface area contributed by atoms with Crippen molar-refractivity contribution in [2.24, 2.45) is 0 Å². The van der Waals surface area contributed by atoms with Gasteiger partial charge < -0.3 is 16.0 Å². The van der Waals surface area contributed by atoms with Gasteiger partial charge in [-0.3, -0.25) is 14.6 Å². The van der Waals surface area contributed by atoms with Crippen molar-refractivity contribution >= 4 is 42.3 Å². The predicted octanol–water partition coefficient (Wildman–Crippen LogP) is 2.94. The summed E-state index contributed by atoms with van der Waals surface area (Å²) in [4.78, 5) is 28.7. The summed E-state index contributed by atoms with van der Waals surface area (Å²) in [5, 5.41) is 8.94. The monoisotopic (exact) mass is 410 g/mol. The summed E-state index contributed by atoms with van der Waals surface area (Å²) in [6.07, 6.45) is 4.70. The fourth-order valence-corrected chi connectivity index (χ4v) is 2.82. The lowest BCUT2D eigenvalue weighted by atomic mass is 10.0. The van der Waals surface area contributed by atoms with Gasteiger partial charge in [-0.2, -0.15) is 0 Å². The van der Waals surface area contributed by atoms with Crippen molar-refractivity contribution < 1.29 is 9.59 Å². The molecule has 0 spiro atoms. The lowest BCUT2D eigenvalue weighted by Gasteiger charge is -2.22. The maximum atomic E-state index is 12.3. The first-order valence-corrected chi connectivity index (χ1v) is 8.55. The van der Waals surface area contributed by atoms with Gasteiger partial charge in [0.25, 0.3) is 5.91 Å². The molecule has 1 saturated heterocycles. The summed E-state index contributed by atoms with van der Waals surface area (Å²) in [7, 11) is 0. The zero-order chi connectivity index (χ0) is 17.5. The molecule has 1 fully saturated rings. The van der Waals surface area contributed by atoms with Crippen LogP contribution >= 0.6 is 24.8 Å². The van der Waals surface area contributed by atoms with Crippen molar-refractivity contribution in [3.05, 3.63) is 59.9 Å². The van der Waals surface area contributed by atoms with E-state index in [1.807, 2.05) is 18.2 Å². The molecule has 3 N–H and O–H groups in total. The molecule has 146 valence electrons. The van der Waals surface area contributed by atoms with E-state index in [0.717, 1.165) is 31.5 Å². The van der Waals surface area contributed by atoms with Gasteiger partial charge in [-0.1, -0.05) is 18.6 Å². The highest BCUT2D eigenvalue weighted by Crippen LogP contribution is 2.14. The Balaban J connectivity index is 0.00000182. The molecule has 1 aliphatic rings. The SMILES string of the molecule is Cl.Cl.O=C(NCc1ccccn1)c1cccc(NC(=O)[C@H]2CCCCN2)c1. The van der Waals surface area contributed by atoms with Gasteiger partial charge in [0.05, 0.1) is 18.3 Å². The average Bonchev–Trinajstić information content (AvgIpc) is 2.68. The summed E-state index contributed by atoms with van der Waals surface area (Å²) in [6.45, 7) is 1.23. The van der Waals surface area contributed by atoms with Gasteiger partial charge in [0.15, 0.2) is 0 Å². The molecular formula is C19H24Cl2N4O2. The molecule has 1 aromatic heterocycles. The van der Waals surface area contributed by atoms with Crippen LogP contribution in [-0.4, -0.2) is 29.4 Å². The van der Waals surface area contributed by atoms with Crippen LogP contribution in [0.2, 0.25) is 0 Å². The first-order valence-electron chi connectivity index (χ1n) is 8.55. The molecule has 1 aromatic carbocycles. The van der Waals surface area contributed by atoms with E-state index in [9.17, 15) is 9.59 Å². The number of rotatable bonds is 5. The van der Waals surface area contributed by atoms with Crippen LogP contribution < -0.4 is 16.0 Å². The van der Waals surface area contributed by atoms with Crippen LogP contribution in [0, 0.1) is 0 Å². The number of benzene rings is 1. The maximum absolute atomic E-state index is 12.3. The minimum atomic E-state index is -0.197. The number of amides is 2. The van der Waals surface area contributed by atoms with Crippen LogP contribution in [-0.2, 0) is 11.3 Å². The summed E-state index contributed by atoms with van der Waals surface area (Å²) in [6, 6.07) is 12.4. The van der Waals surface area contributed by atoms with Crippen molar-refractivity contribution in [1.82, 2.24) is 15.6 Å². The number of anilines is 1. The topological polar surface area (TPSA) is 83.1 Å². The number of aromatic nitrogens is 1. The number of carbonyl (C=O) groups is 2. The summed E-state index contributed by atoms with van der Waals surface area (Å²) < 4.78 is 0. The van der Waals surface area contributed by atoms with Gasteiger partial charge >= 0.3 is 0 Å². The van der Waals surface area contributed by atoms with E-state index in [1.54, 1.807) is 30.5 Å². The van der Waals surface area contributed by atoms with Crippen LogP contribution in [0.4, 0.5) is 5.69 Å². The highest BCUT2D eigenvalue weighted by molar-refractivity contribution is 5.98. The van der Waals surface area contributed by atoms with E-state index in [4.69, 9.17) is 0 Å². The highest BCUT2D eigenvalue weighted by atomic mass is 35.5. The van der Waals surface area contributed by atoms with E-state index < -0.39 is 0 Å². The molecule has 1 aliphatic heterocycles. The quantitative estimate of drug-likeness (QED) is 0.707. The Morgan fingerprint density at radius 2 is 1.96 bits per heavy atom. The van der Waals surface area contributed by atoms with Crippen LogP contribution in [0.5, 0.6) is 0 Å². The van der Waals surface area contributed by atoms with Gasteiger partial charge in [-0.15, -0.1) is 24.8 Å². The lowest BCUT2D eigenvalue weighted by molar-refractivity contribution is -0.118. The number of halogens is 2. The van der Waals surface area contributed by atoms with Gasteiger partial charge in [-0.25, -0.2) is 0 Å². The number of hydrogen-bond donors (Lipinski definition) is 3. The minimum Gasteiger partial charge on any atom is -0.346 e. The molecular weight excluding hydrogens is 387 g/mol. The number of piperidine rings is 1. The van der Waals surface area contributed by atoms with E-state index in [0.29, 0.717) is 17.8 Å². The lowest BCUT2D eigenvalue weighted by Crippen LogP contribution is -2.43. The fourth-order valence-electron chi connectivity index (χ4n) is 2.82. The van der Waals surface area contributed by atoms with E-state index >= 15 is 0 Å². The van der Waals surface area contributed by atoms with Gasteiger partial charge in [0.1, 0.15) is 0 Å². The van der Waals surface area contributed by atoms with Crippen molar-refractivity contribution in [3.63, 3.8) is 0 Å². The Kier molecular flexibility index (Phi) is 9.78. The third-order valence-corrected chi connectivity index (χ3v) is 4.18. The Hall–Kier alpha value is -2.15. The molecule has 2 aromatic rings. The highest BCUT2D eigenvalue weighted by Gasteiger charge is 2.20. The van der Waals surface area contributed by atoms with Crippen molar-refractivity contribution in [2.75, 3.05) is 11.9 Å². The zero-order valence-electron chi connectivity index (χ0n) is 14.8. The minimum absolute atomic E-state index is 0. The third kappa shape index (κ3) is 6.82. The standard InChI is InChI=1S/C19H22N4O2.2ClH/c24-18(22-13-16-7-1-3-10-20-16)14-6-5-8-15(12-14)23-19(25)17-9-2-4-11-21-17;;/h1,3,5-8,10,12,17,21H,2,4,9,11,13H2,(H,22,24)(H,23,25);2*1H/t17-;;/m1../s1. The predicted molar refractivity (Wildman–Crippen MR) is 111 cm³/mol. The number of nitrogens with zero attached hydrogens (tertiary/aromatic N) is 1. The van der Waals surface area contributed by atoms with Crippen molar-refractivity contribution in [2.45, 2.75) is 31.8 Å². The average molecular weight is 411 g/mol. The molecule has 2 heterocycles. The maximum Gasteiger partial charge on any atom is 0.251 e. The van der Waals surface area contributed by atoms with Gasteiger partial charge in [0.2, 0.25) is 5.91 Å². The molecule has 6 nitrogen and oxygen atoms in total. The van der Waals surface area contributed by atoms with Crippen LogP contribution in [0.15, 0.2) is 48.7 Å². The molecule has 0 saturated carbocycles. The Morgan fingerprint density at radius 1 is 1.11 bits per heavy atom. The van der Waals surface area contributed by atoms with Crippen LogP contribution in [0.3, 0.4) is 0 Å². The zero-order valence-corrected chi connectivity index (χ0v) is 16.4. The van der Waals surface area contributed by atoms with Crippen molar-refractivity contribution in [1.29, 1.82) is 0 Å².